The van der Waals surface area contributed by atoms with Crippen molar-refractivity contribution in [2.75, 3.05) is 39.3 Å². The summed E-state index contributed by atoms with van der Waals surface area (Å²) in [6, 6.07) is 10.6. The molecule has 0 saturated carbocycles. The second kappa shape index (κ2) is 9.48. The predicted molar refractivity (Wildman–Crippen MR) is 96.3 cm³/mol. The summed E-state index contributed by atoms with van der Waals surface area (Å²) in [6.45, 7) is 10.1. The van der Waals surface area contributed by atoms with E-state index >= 15 is 0 Å². The molecule has 0 atom stereocenters. The average molecular weight is 315 g/mol. The maximum Gasteiger partial charge on any atom is 0.221 e. The van der Waals surface area contributed by atoms with Crippen LogP contribution in [0.1, 0.15) is 25.8 Å². The van der Waals surface area contributed by atoms with Crippen LogP contribution in [-0.2, 0) is 4.79 Å². The molecule has 23 heavy (non-hydrogen) atoms. The molecule has 126 valence electrons. The molecule has 1 aliphatic rings. The third kappa shape index (κ3) is 6.97. The molecule has 1 fully saturated rings. The van der Waals surface area contributed by atoms with E-state index in [1.165, 1.54) is 5.56 Å². The van der Waals surface area contributed by atoms with Gasteiger partial charge in [-0.15, -0.1) is 0 Å². The molecular formula is C19H29N3O. The topological polar surface area (TPSA) is 35.6 Å². The van der Waals surface area contributed by atoms with Crippen LogP contribution >= 0.6 is 0 Å². The largest absolute Gasteiger partial charge is 0.354 e. The van der Waals surface area contributed by atoms with Crippen LogP contribution in [-0.4, -0.2) is 61.0 Å². The molecule has 0 aromatic heterocycles. The Bertz CT molecular complexity index is 491. The van der Waals surface area contributed by atoms with Gasteiger partial charge in [0.05, 0.1) is 0 Å². The maximum atomic E-state index is 11.7. The van der Waals surface area contributed by atoms with Gasteiger partial charge in [-0.1, -0.05) is 42.5 Å². The molecule has 2 rings (SSSR count). The van der Waals surface area contributed by atoms with Gasteiger partial charge < -0.3 is 10.2 Å². The number of carbonyl (C=O) groups excluding carboxylic acids is 1. The minimum absolute atomic E-state index is 0.160. The number of nitrogens with one attached hydrogen (secondary N) is 1. The molecule has 1 N–H and O–H groups in total. The van der Waals surface area contributed by atoms with Gasteiger partial charge in [-0.2, -0.15) is 0 Å². The first-order chi connectivity index (χ1) is 11.1. The van der Waals surface area contributed by atoms with E-state index in [1.54, 1.807) is 0 Å². The first-order valence-electron chi connectivity index (χ1n) is 8.59. The van der Waals surface area contributed by atoms with Crippen molar-refractivity contribution in [3.05, 3.63) is 42.0 Å². The molecule has 1 aliphatic heterocycles. The van der Waals surface area contributed by atoms with Crippen molar-refractivity contribution in [3.63, 3.8) is 0 Å². The third-order valence-corrected chi connectivity index (χ3v) is 4.04. The Kier molecular flexibility index (Phi) is 7.30. The van der Waals surface area contributed by atoms with Crippen molar-refractivity contribution in [2.24, 2.45) is 0 Å². The highest BCUT2D eigenvalue weighted by atomic mass is 16.1. The molecule has 1 aromatic carbocycles. The summed E-state index contributed by atoms with van der Waals surface area (Å²) in [6.07, 6.45) is 5.02. The van der Waals surface area contributed by atoms with Crippen LogP contribution < -0.4 is 5.32 Å². The lowest BCUT2D eigenvalue weighted by atomic mass is 10.2. The van der Waals surface area contributed by atoms with E-state index in [0.29, 0.717) is 6.42 Å². The SMILES string of the molecule is CC(C)NC(=O)CCN1CCN(C/C=C/c2ccccc2)CC1. The van der Waals surface area contributed by atoms with Crippen molar-refractivity contribution in [1.82, 2.24) is 15.1 Å². The Morgan fingerprint density at radius 2 is 1.78 bits per heavy atom. The Morgan fingerprint density at radius 1 is 1.13 bits per heavy atom. The van der Waals surface area contributed by atoms with Crippen molar-refractivity contribution in [2.45, 2.75) is 26.3 Å². The molecule has 1 aromatic rings. The van der Waals surface area contributed by atoms with Crippen LogP contribution in [0, 0.1) is 0 Å². The maximum absolute atomic E-state index is 11.7. The number of amides is 1. The van der Waals surface area contributed by atoms with Gasteiger partial charge in [0, 0.05) is 51.7 Å². The molecule has 0 unspecified atom stereocenters. The van der Waals surface area contributed by atoms with Gasteiger partial charge in [0.1, 0.15) is 0 Å². The standard InChI is InChI=1S/C19H29N3O/c1-17(2)20-19(23)10-12-22-15-13-21(14-16-22)11-6-9-18-7-4-3-5-8-18/h3-9,17H,10-16H2,1-2H3,(H,20,23)/b9-6+. The highest BCUT2D eigenvalue weighted by Gasteiger charge is 2.16. The highest BCUT2D eigenvalue weighted by molar-refractivity contribution is 5.76. The Morgan fingerprint density at radius 3 is 2.43 bits per heavy atom. The number of hydrogen-bond donors (Lipinski definition) is 1. The molecular weight excluding hydrogens is 286 g/mol. The molecule has 1 saturated heterocycles. The summed E-state index contributed by atoms with van der Waals surface area (Å²) < 4.78 is 0. The number of benzene rings is 1. The zero-order valence-electron chi connectivity index (χ0n) is 14.4. The van der Waals surface area contributed by atoms with Gasteiger partial charge in [-0.3, -0.25) is 9.69 Å². The average Bonchev–Trinajstić information content (AvgIpc) is 2.54. The van der Waals surface area contributed by atoms with Crippen molar-refractivity contribution < 1.29 is 4.79 Å². The summed E-state index contributed by atoms with van der Waals surface area (Å²) in [5, 5.41) is 2.95. The highest BCUT2D eigenvalue weighted by Crippen LogP contribution is 2.05. The second-order valence-electron chi connectivity index (χ2n) is 6.43. The van der Waals surface area contributed by atoms with Gasteiger partial charge in [-0.25, -0.2) is 0 Å². The number of rotatable bonds is 7. The number of carbonyl (C=O) groups is 1. The molecule has 1 amide bonds. The van der Waals surface area contributed by atoms with Gasteiger partial charge in [0.25, 0.3) is 0 Å². The second-order valence-corrected chi connectivity index (χ2v) is 6.43. The predicted octanol–water partition coefficient (Wildman–Crippen LogP) is 2.23. The zero-order chi connectivity index (χ0) is 16.5. The zero-order valence-corrected chi connectivity index (χ0v) is 14.4. The fourth-order valence-corrected chi connectivity index (χ4v) is 2.75. The third-order valence-electron chi connectivity index (χ3n) is 4.04. The van der Waals surface area contributed by atoms with E-state index in [2.05, 4.69) is 51.5 Å². The molecule has 0 radical (unpaired) electrons. The van der Waals surface area contributed by atoms with Crippen LogP contribution in [0.2, 0.25) is 0 Å². The molecule has 0 bridgehead atoms. The van der Waals surface area contributed by atoms with Crippen LogP contribution in [0.3, 0.4) is 0 Å². The fourth-order valence-electron chi connectivity index (χ4n) is 2.75. The number of hydrogen-bond acceptors (Lipinski definition) is 3. The Labute approximate surface area is 140 Å². The van der Waals surface area contributed by atoms with Crippen molar-refractivity contribution in [3.8, 4) is 0 Å². The van der Waals surface area contributed by atoms with Crippen LogP contribution in [0.15, 0.2) is 36.4 Å². The summed E-state index contributed by atoms with van der Waals surface area (Å²) in [5.74, 6) is 0.160. The Balaban J connectivity index is 1.62. The molecule has 4 nitrogen and oxygen atoms in total. The number of piperazine rings is 1. The summed E-state index contributed by atoms with van der Waals surface area (Å²) in [7, 11) is 0. The number of nitrogens with zero attached hydrogens (tertiary/aromatic N) is 2. The Hall–Kier alpha value is -1.65. The van der Waals surface area contributed by atoms with Crippen molar-refractivity contribution >= 4 is 12.0 Å². The van der Waals surface area contributed by atoms with Gasteiger partial charge in [-0.05, 0) is 19.4 Å². The smallest absolute Gasteiger partial charge is 0.221 e. The quantitative estimate of drug-likeness (QED) is 0.838. The van der Waals surface area contributed by atoms with E-state index < -0.39 is 0 Å². The molecule has 0 aliphatic carbocycles. The van der Waals surface area contributed by atoms with E-state index in [0.717, 1.165) is 39.3 Å². The van der Waals surface area contributed by atoms with Crippen LogP contribution in [0.5, 0.6) is 0 Å². The van der Waals surface area contributed by atoms with Gasteiger partial charge in [0.2, 0.25) is 5.91 Å². The first kappa shape index (κ1) is 17.7. The van der Waals surface area contributed by atoms with Crippen LogP contribution in [0.25, 0.3) is 6.08 Å². The van der Waals surface area contributed by atoms with Crippen LogP contribution in [0.4, 0.5) is 0 Å². The fraction of sp³-hybridized carbons (Fsp3) is 0.526. The van der Waals surface area contributed by atoms with E-state index in [-0.39, 0.29) is 11.9 Å². The van der Waals surface area contributed by atoms with E-state index in [1.807, 2.05) is 19.9 Å². The van der Waals surface area contributed by atoms with Gasteiger partial charge >= 0.3 is 0 Å². The molecule has 0 spiro atoms. The lowest BCUT2D eigenvalue weighted by Gasteiger charge is -2.34. The summed E-state index contributed by atoms with van der Waals surface area (Å²) in [5.41, 5.74) is 1.25. The lowest BCUT2D eigenvalue weighted by molar-refractivity contribution is -0.122. The monoisotopic (exact) mass is 315 g/mol. The summed E-state index contributed by atoms with van der Waals surface area (Å²) in [4.78, 5) is 16.5. The molecule has 4 heteroatoms. The van der Waals surface area contributed by atoms with E-state index in [9.17, 15) is 4.79 Å². The van der Waals surface area contributed by atoms with Gasteiger partial charge in [0.15, 0.2) is 0 Å². The minimum atomic E-state index is 0.160. The minimum Gasteiger partial charge on any atom is -0.354 e. The summed E-state index contributed by atoms with van der Waals surface area (Å²) >= 11 is 0. The van der Waals surface area contributed by atoms with E-state index in [4.69, 9.17) is 0 Å². The first-order valence-corrected chi connectivity index (χ1v) is 8.59. The lowest BCUT2D eigenvalue weighted by Crippen LogP contribution is -2.47. The normalized spacial score (nSPS) is 17.0. The van der Waals surface area contributed by atoms with Crippen molar-refractivity contribution in [1.29, 1.82) is 0 Å². The molecule has 1 heterocycles.